The molecule has 3 rings (SSSR count). The fourth-order valence-electron chi connectivity index (χ4n) is 2.91. The molecule has 3 N–H and O–H groups in total. The Morgan fingerprint density at radius 3 is 2.24 bits per heavy atom. The second-order valence-corrected chi connectivity index (χ2v) is 5.66. The second-order valence-electron chi connectivity index (χ2n) is 5.66. The monoisotopic (exact) mass is 280 g/mol. The third-order valence-electron chi connectivity index (χ3n) is 4.42. The molecule has 0 atom stereocenters. The van der Waals surface area contributed by atoms with E-state index < -0.39 is 0 Å². The summed E-state index contributed by atoms with van der Waals surface area (Å²) in [7, 11) is 0. The number of rotatable bonds is 4. The van der Waals surface area contributed by atoms with Gasteiger partial charge in [-0.2, -0.15) is 0 Å². The van der Waals surface area contributed by atoms with E-state index in [0.717, 1.165) is 36.1 Å². The van der Waals surface area contributed by atoms with Gasteiger partial charge in [0.1, 0.15) is 0 Å². The molecule has 1 fully saturated rings. The van der Waals surface area contributed by atoms with Crippen LogP contribution in [0, 0.1) is 0 Å². The predicted molar refractivity (Wildman–Crippen MR) is 84.9 cm³/mol. The molecule has 0 saturated heterocycles. The number of amides is 1. The Labute approximate surface area is 125 Å². The highest BCUT2D eigenvalue weighted by atomic mass is 16.2. The highest BCUT2D eigenvalue weighted by molar-refractivity contribution is 5.99. The first-order valence-electron chi connectivity index (χ1n) is 7.41. The molecule has 21 heavy (non-hydrogen) atoms. The molecule has 1 amide bonds. The Balaban J connectivity index is 1.80. The summed E-state index contributed by atoms with van der Waals surface area (Å²) in [5.41, 5.74) is 8.25. The molecule has 0 unspecified atom stereocenters. The lowest BCUT2D eigenvalue weighted by Gasteiger charge is -2.40. The quantitative estimate of drug-likeness (QED) is 0.903. The van der Waals surface area contributed by atoms with Crippen LogP contribution >= 0.6 is 0 Å². The highest BCUT2D eigenvalue weighted by Gasteiger charge is 2.45. The summed E-state index contributed by atoms with van der Waals surface area (Å²) in [6.07, 6.45) is 2.95. The Morgan fingerprint density at radius 1 is 1.05 bits per heavy atom. The van der Waals surface area contributed by atoms with E-state index in [9.17, 15) is 4.79 Å². The molecule has 0 radical (unpaired) electrons. The largest absolute Gasteiger partial charge is 0.326 e. The third kappa shape index (κ3) is 2.57. The third-order valence-corrected chi connectivity index (χ3v) is 4.42. The van der Waals surface area contributed by atoms with Crippen molar-refractivity contribution in [1.82, 2.24) is 0 Å². The average molecular weight is 280 g/mol. The first-order valence-corrected chi connectivity index (χ1v) is 7.41. The van der Waals surface area contributed by atoms with Crippen molar-refractivity contribution in [2.75, 3.05) is 5.32 Å². The normalized spacial score (nSPS) is 16.0. The molecule has 0 spiro atoms. The van der Waals surface area contributed by atoms with E-state index in [1.54, 1.807) is 0 Å². The molecule has 1 saturated carbocycles. The maximum atomic E-state index is 12.7. The van der Waals surface area contributed by atoms with Crippen LogP contribution in [0.2, 0.25) is 0 Å². The zero-order chi connectivity index (χ0) is 14.7. The number of nitrogens with two attached hydrogens (primary N) is 1. The Bertz CT molecular complexity index is 615. The fourth-order valence-corrected chi connectivity index (χ4v) is 2.91. The van der Waals surface area contributed by atoms with Crippen LogP contribution < -0.4 is 11.1 Å². The number of nitrogens with one attached hydrogen (secondary N) is 1. The van der Waals surface area contributed by atoms with Gasteiger partial charge >= 0.3 is 0 Å². The van der Waals surface area contributed by atoms with Gasteiger partial charge in [-0.1, -0.05) is 48.9 Å². The highest BCUT2D eigenvalue weighted by Crippen LogP contribution is 2.44. The van der Waals surface area contributed by atoms with Crippen LogP contribution in [0.3, 0.4) is 0 Å². The topological polar surface area (TPSA) is 55.1 Å². The maximum absolute atomic E-state index is 12.7. The standard InChI is InChI=1S/C18H20N2O/c19-13-14-7-9-16(10-8-14)20-17(21)18(11-4-12-18)15-5-2-1-3-6-15/h1-3,5-10H,4,11-13,19H2,(H,20,21). The Hall–Kier alpha value is -2.13. The summed E-state index contributed by atoms with van der Waals surface area (Å²) in [5.74, 6) is 0.0976. The smallest absolute Gasteiger partial charge is 0.235 e. The van der Waals surface area contributed by atoms with E-state index >= 15 is 0 Å². The SMILES string of the molecule is NCc1ccc(NC(=O)C2(c3ccccc3)CCC2)cc1. The van der Waals surface area contributed by atoms with Gasteiger partial charge in [0.05, 0.1) is 5.41 Å². The molecule has 0 aliphatic heterocycles. The first kappa shape index (κ1) is 13.8. The predicted octanol–water partition coefficient (Wildman–Crippen LogP) is 3.21. The minimum absolute atomic E-state index is 0.0976. The van der Waals surface area contributed by atoms with E-state index in [2.05, 4.69) is 17.4 Å². The number of hydrogen-bond acceptors (Lipinski definition) is 2. The molecule has 2 aromatic rings. The summed E-state index contributed by atoms with van der Waals surface area (Å²) in [5, 5.41) is 3.05. The zero-order valence-corrected chi connectivity index (χ0v) is 12.0. The minimum Gasteiger partial charge on any atom is -0.326 e. The summed E-state index contributed by atoms with van der Waals surface area (Å²) >= 11 is 0. The van der Waals surface area contributed by atoms with E-state index in [1.165, 1.54) is 0 Å². The van der Waals surface area contributed by atoms with Crippen molar-refractivity contribution in [1.29, 1.82) is 0 Å². The van der Waals surface area contributed by atoms with Crippen molar-refractivity contribution in [3.05, 3.63) is 65.7 Å². The number of hydrogen-bond donors (Lipinski definition) is 2. The van der Waals surface area contributed by atoms with Crippen LogP contribution in [0.25, 0.3) is 0 Å². The van der Waals surface area contributed by atoms with E-state index in [0.29, 0.717) is 6.54 Å². The second kappa shape index (κ2) is 5.70. The number of anilines is 1. The number of benzene rings is 2. The molecule has 1 aliphatic carbocycles. The average Bonchev–Trinajstić information content (AvgIpc) is 2.48. The van der Waals surface area contributed by atoms with Gasteiger partial charge in [0, 0.05) is 12.2 Å². The molecule has 3 nitrogen and oxygen atoms in total. The first-order chi connectivity index (χ1) is 10.2. The summed E-state index contributed by atoms with van der Waals surface area (Å²) < 4.78 is 0. The van der Waals surface area contributed by atoms with Crippen LogP contribution in [0.15, 0.2) is 54.6 Å². The molecule has 0 aromatic heterocycles. The van der Waals surface area contributed by atoms with Crippen molar-refractivity contribution in [3.8, 4) is 0 Å². The number of carbonyl (C=O) groups is 1. The summed E-state index contributed by atoms with van der Waals surface area (Å²) in [6, 6.07) is 17.8. The van der Waals surface area contributed by atoms with Crippen molar-refractivity contribution in [3.63, 3.8) is 0 Å². The molecule has 1 aliphatic rings. The van der Waals surface area contributed by atoms with Gasteiger partial charge in [0.2, 0.25) is 5.91 Å². The lowest BCUT2D eigenvalue weighted by molar-refractivity contribution is -0.124. The van der Waals surface area contributed by atoms with Gasteiger partial charge in [-0.15, -0.1) is 0 Å². The van der Waals surface area contributed by atoms with Crippen LogP contribution in [0.1, 0.15) is 30.4 Å². The molecular formula is C18H20N2O. The van der Waals surface area contributed by atoms with Gasteiger partial charge in [0.25, 0.3) is 0 Å². The van der Waals surface area contributed by atoms with Crippen molar-refractivity contribution < 1.29 is 4.79 Å². The van der Waals surface area contributed by atoms with Crippen molar-refractivity contribution >= 4 is 11.6 Å². The summed E-state index contributed by atoms with van der Waals surface area (Å²) in [4.78, 5) is 12.7. The van der Waals surface area contributed by atoms with Crippen LogP contribution in [-0.4, -0.2) is 5.91 Å². The van der Waals surface area contributed by atoms with E-state index in [4.69, 9.17) is 5.73 Å². The van der Waals surface area contributed by atoms with Gasteiger partial charge in [-0.3, -0.25) is 4.79 Å². The van der Waals surface area contributed by atoms with Crippen LogP contribution in [0.5, 0.6) is 0 Å². The van der Waals surface area contributed by atoms with Crippen LogP contribution in [0.4, 0.5) is 5.69 Å². The van der Waals surface area contributed by atoms with Crippen molar-refractivity contribution in [2.24, 2.45) is 5.73 Å². The number of carbonyl (C=O) groups excluding carboxylic acids is 1. The molecule has 108 valence electrons. The Morgan fingerprint density at radius 2 is 1.71 bits per heavy atom. The molecule has 3 heteroatoms. The molecular weight excluding hydrogens is 260 g/mol. The molecule has 2 aromatic carbocycles. The van der Waals surface area contributed by atoms with Crippen LogP contribution in [-0.2, 0) is 16.8 Å². The van der Waals surface area contributed by atoms with Gasteiger partial charge in [-0.25, -0.2) is 0 Å². The van der Waals surface area contributed by atoms with Gasteiger partial charge in [-0.05, 0) is 36.1 Å². The molecule has 0 bridgehead atoms. The maximum Gasteiger partial charge on any atom is 0.235 e. The lowest BCUT2D eigenvalue weighted by atomic mass is 9.64. The van der Waals surface area contributed by atoms with Crippen molar-refractivity contribution in [2.45, 2.75) is 31.2 Å². The minimum atomic E-state index is -0.353. The van der Waals surface area contributed by atoms with E-state index in [-0.39, 0.29) is 11.3 Å². The Kier molecular flexibility index (Phi) is 3.76. The zero-order valence-electron chi connectivity index (χ0n) is 12.0. The summed E-state index contributed by atoms with van der Waals surface area (Å²) in [6.45, 7) is 0.516. The molecule has 0 heterocycles. The van der Waals surface area contributed by atoms with Gasteiger partial charge < -0.3 is 11.1 Å². The van der Waals surface area contributed by atoms with Gasteiger partial charge in [0.15, 0.2) is 0 Å². The lowest BCUT2D eigenvalue weighted by Crippen LogP contribution is -2.45. The fraction of sp³-hybridized carbons (Fsp3) is 0.278. The van der Waals surface area contributed by atoms with E-state index in [1.807, 2.05) is 42.5 Å².